The third-order valence-corrected chi connectivity index (χ3v) is 2.00. The Morgan fingerprint density at radius 3 is 2.60 bits per heavy atom. The molecule has 0 aliphatic heterocycles. The number of rotatable bonds is 1. The molecule has 0 aromatic heterocycles. The number of carboxylic acid groups (broad SMARTS) is 1. The highest BCUT2D eigenvalue weighted by Crippen LogP contribution is 2.24. The number of aliphatic carboxylic acids is 1. The molecule has 0 unspecified atom stereocenters. The van der Waals surface area contributed by atoms with Gasteiger partial charge in [-0.05, 0) is 24.6 Å². The first-order valence-electron chi connectivity index (χ1n) is 3.91. The van der Waals surface area contributed by atoms with Crippen LogP contribution in [0.25, 0.3) is 0 Å². The topological polar surface area (TPSA) is 66.4 Å². The van der Waals surface area contributed by atoms with Gasteiger partial charge in [0.25, 0.3) is 0 Å². The number of halogens is 2. The number of hydrogen-bond acceptors (Lipinski definition) is 2. The second-order valence-corrected chi connectivity index (χ2v) is 3.25. The Bertz CT molecular complexity index is 434. The standard InChI is InChI=1S/C9H7ClFNO3/c1-4-2-5(10)7(3-6(4)11)12-8(13)9(14)15/h2-3H,1H3,(H,12,13)(H,14,15). The first-order valence-corrected chi connectivity index (χ1v) is 4.29. The summed E-state index contributed by atoms with van der Waals surface area (Å²) >= 11 is 5.68. The van der Waals surface area contributed by atoms with Gasteiger partial charge in [-0.1, -0.05) is 11.6 Å². The molecule has 1 aromatic rings. The zero-order valence-electron chi connectivity index (χ0n) is 7.67. The molecule has 0 radical (unpaired) electrons. The fourth-order valence-corrected chi connectivity index (χ4v) is 1.18. The van der Waals surface area contributed by atoms with Gasteiger partial charge >= 0.3 is 11.9 Å². The summed E-state index contributed by atoms with van der Waals surface area (Å²) in [5.74, 6) is -3.49. The number of hydrogen-bond donors (Lipinski definition) is 2. The van der Waals surface area contributed by atoms with Crippen LogP contribution in [0.4, 0.5) is 10.1 Å². The SMILES string of the molecule is Cc1cc(Cl)c(NC(=O)C(=O)O)cc1F. The van der Waals surface area contributed by atoms with E-state index < -0.39 is 17.7 Å². The van der Waals surface area contributed by atoms with Crippen LogP contribution in [0.1, 0.15) is 5.56 Å². The summed E-state index contributed by atoms with van der Waals surface area (Å²) in [6.07, 6.45) is 0. The molecule has 15 heavy (non-hydrogen) atoms. The zero-order valence-corrected chi connectivity index (χ0v) is 8.43. The lowest BCUT2D eigenvalue weighted by Crippen LogP contribution is -2.22. The Kier molecular flexibility index (Phi) is 3.26. The van der Waals surface area contributed by atoms with Gasteiger partial charge in [0.05, 0.1) is 10.7 Å². The molecule has 0 aliphatic carbocycles. The van der Waals surface area contributed by atoms with Crippen molar-refractivity contribution in [2.75, 3.05) is 5.32 Å². The van der Waals surface area contributed by atoms with Gasteiger partial charge in [-0.3, -0.25) is 4.79 Å². The average Bonchev–Trinajstić information content (AvgIpc) is 2.13. The van der Waals surface area contributed by atoms with Crippen molar-refractivity contribution in [3.05, 3.63) is 28.5 Å². The van der Waals surface area contributed by atoms with Crippen molar-refractivity contribution in [3.63, 3.8) is 0 Å². The number of amides is 1. The van der Waals surface area contributed by atoms with Gasteiger partial charge in [0.1, 0.15) is 5.82 Å². The average molecular weight is 232 g/mol. The molecule has 0 spiro atoms. The molecular weight excluding hydrogens is 225 g/mol. The molecule has 2 N–H and O–H groups in total. The molecule has 80 valence electrons. The number of aryl methyl sites for hydroxylation is 1. The van der Waals surface area contributed by atoms with Crippen molar-refractivity contribution < 1.29 is 19.1 Å². The number of carboxylic acids is 1. The Labute approximate surface area is 89.7 Å². The Balaban J connectivity index is 3.01. The number of carbonyl (C=O) groups is 2. The minimum Gasteiger partial charge on any atom is -0.474 e. The van der Waals surface area contributed by atoms with E-state index in [4.69, 9.17) is 16.7 Å². The minimum absolute atomic E-state index is 0.0628. The molecule has 0 bridgehead atoms. The summed E-state index contributed by atoms with van der Waals surface area (Å²) in [7, 11) is 0. The maximum atomic E-state index is 13.1. The highest BCUT2D eigenvalue weighted by molar-refractivity contribution is 6.39. The third kappa shape index (κ3) is 2.66. The van der Waals surface area contributed by atoms with E-state index in [-0.39, 0.29) is 10.7 Å². The zero-order chi connectivity index (χ0) is 11.6. The van der Waals surface area contributed by atoms with Gasteiger partial charge < -0.3 is 10.4 Å². The van der Waals surface area contributed by atoms with Gasteiger partial charge in [-0.2, -0.15) is 0 Å². The normalized spacial score (nSPS) is 9.80. The number of benzene rings is 1. The maximum absolute atomic E-state index is 13.1. The molecule has 0 aliphatic rings. The Hall–Kier alpha value is -1.62. The lowest BCUT2D eigenvalue weighted by Gasteiger charge is -2.06. The molecule has 0 fully saturated rings. The first kappa shape index (κ1) is 11.5. The maximum Gasteiger partial charge on any atom is 0.394 e. The molecule has 1 amide bonds. The molecule has 0 saturated heterocycles. The van der Waals surface area contributed by atoms with Crippen LogP contribution >= 0.6 is 11.6 Å². The van der Waals surface area contributed by atoms with E-state index in [1.54, 1.807) is 0 Å². The van der Waals surface area contributed by atoms with Crippen molar-refractivity contribution in [2.24, 2.45) is 0 Å². The Morgan fingerprint density at radius 1 is 1.47 bits per heavy atom. The van der Waals surface area contributed by atoms with E-state index in [1.807, 2.05) is 5.32 Å². The quantitative estimate of drug-likeness (QED) is 0.725. The summed E-state index contributed by atoms with van der Waals surface area (Å²) in [5.41, 5.74) is 0.250. The molecule has 1 rings (SSSR count). The summed E-state index contributed by atoms with van der Waals surface area (Å²) in [6, 6.07) is 2.27. The van der Waals surface area contributed by atoms with E-state index in [2.05, 4.69) is 0 Å². The molecule has 4 nitrogen and oxygen atoms in total. The smallest absolute Gasteiger partial charge is 0.394 e. The van der Waals surface area contributed by atoms with Crippen molar-refractivity contribution in [2.45, 2.75) is 6.92 Å². The highest BCUT2D eigenvalue weighted by atomic mass is 35.5. The van der Waals surface area contributed by atoms with Gasteiger partial charge in [0.2, 0.25) is 0 Å². The summed E-state index contributed by atoms with van der Waals surface area (Å²) in [5, 5.41) is 10.4. The van der Waals surface area contributed by atoms with Crippen LogP contribution in [0.15, 0.2) is 12.1 Å². The van der Waals surface area contributed by atoms with E-state index in [1.165, 1.54) is 13.0 Å². The summed E-state index contributed by atoms with van der Waals surface area (Å²) < 4.78 is 13.1. The molecule has 1 aromatic carbocycles. The van der Waals surface area contributed by atoms with Gasteiger partial charge in [-0.15, -0.1) is 0 Å². The largest absolute Gasteiger partial charge is 0.474 e. The molecular formula is C9H7ClFNO3. The molecule has 0 heterocycles. The minimum atomic E-state index is -1.66. The van der Waals surface area contributed by atoms with E-state index >= 15 is 0 Å². The number of nitrogens with one attached hydrogen (secondary N) is 1. The van der Waals surface area contributed by atoms with Crippen LogP contribution in [0.5, 0.6) is 0 Å². The fourth-order valence-electron chi connectivity index (χ4n) is 0.918. The van der Waals surface area contributed by atoms with Crippen molar-refractivity contribution in [1.29, 1.82) is 0 Å². The van der Waals surface area contributed by atoms with Gasteiger partial charge in [0, 0.05) is 0 Å². The lowest BCUT2D eigenvalue weighted by atomic mass is 10.2. The van der Waals surface area contributed by atoms with Crippen molar-refractivity contribution in [3.8, 4) is 0 Å². The Morgan fingerprint density at radius 2 is 2.07 bits per heavy atom. The van der Waals surface area contributed by atoms with Crippen LogP contribution in [0.2, 0.25) is 5.02 Å². The summed E-state index contributed by atoms with van der Waals surface area (Å²) in [4.78, 5) is 21.0. The van der Waals surface area contributed by atoms with Crippen LogP contribution in [-0.2, 0) is 9.59 Å². The predicted molar refractivity (Wildman–Crippen MR) is 52.4 cm³/mol. The van der Waals surface area contributed by atoms with Gasteiger partial charge in [-0.25, -0.2) is 9.18 Å². The van der Waals surface area contributed by atoms with Crippen LogP contribution in [0.3, 0.4) is 0 Å². The van der Waals surface area contributed by atoms with E-state index in [0.717, 1.165) is 6.07 Å². The van der Waals surface area contributed by atoms with Crippen LogP contribution in [-0.4, -0.2) is 17.0 Å². The second kappa shape index (κ2) is 4.27. The van der Waals surface area contributed by atoms with Crippen molar-refractivity contribution >= 4 is 29.2 Å². The predicted octanol–water partition coefficient (Wildman–Crippen LogP) is 1.81. The van der Waals surface area contributed by atoms with Gasteiger partial charge in [0.15, 0.2) is 0 Å². The highest BCUT2D eigenvalue weighted by Gasteiger charge is 2.14. The van der Waals surface area contributed by atoms with E-state index in [9.17, 15) is 14.0 Å². The van der Waals surface area contributed by atoms with Crippen LogP contribution < -0.4 is 5.32 Å². The number of anilines is 1. The lowest BCUT2D eigenvalue weighted by molar-refractivity contribution is -0.147. The first-order chi connectivity index (χ1) is 6.91. The van der Waals surface area contributed by atoms with Crippen molar-refractivity contribution in [1.82, 2.24) is 0 Å². The molecule has 0 saturated carbocycles. The fraction of sp³-hybridized carbons (Fsp3) is 0.111. The third-order valence-electron chi connectivity index (χ3n) is 1.69. The second-order valence-electron chi connectivity index (χ2n) is 2.84. The van der Waals surface area contributed by atoms with E-state index in [0.29, 0.717) is 5.56 Å². The van der Waals surface area contributed by atoms with Crippen LogP contribution in [0, 0.1) is 12.7 Å². The molecule has 6 heteroatoms. The monoisotopic (exact) mass is 231 g/mol. The summed E-state index contributed by atoms with van der Waals surface area (Å²) in [6.45, 7) is 1.50. The number of carbonyl (C=O) groups excluding carboxylic acids is 1. The molecule has 0 atom stereocenters.